The fraction of sp³-hybridized carbons (Fsp3) is 0. The van der Waals surface area contributed by atoms with Crippen LogP contribution in [0.5, 0.6) is 0 Å². The quantitative estimate of drug-likeness (QED) is 0.431. The van der Waals surface area contributed by atoms with Gasteiger partial charge in [-0.1, -0.05) is 11.9 Å². The zero-order chi connectivity index (χ0) is 7.68. The Balaban J connectivity index is 0.000000720. The van der Waals surface area contributed by atoms with Gasteiger partial charge in [0.25, 0.3) is 0 Å². The van der Waals surface area contributed by atoms with E-state index in [1.54, 1.807) is 0 Å². The molecule has 0 spiro atoms. The molecule has 0 unspecified atom stereocenters. The summed E-state index contributed by atoms with van der Waals surface area (Å²) < 4.78 is 0. The second-order valence-corrected chi connectivity index (χ2v) is 2.37. The van der Waals surface area contributed by atoms with Gasteiger partial charge in [0.05, 0.1) is 5.52 Å². The van der Waals surface area contributed by atoms with Gasteiger partial charge in [-0.25, -0.2) is 10.3 Å². The van der Waals surface area contributed by atoms with Crippen molar-refractivity contribution in [3.8, 4) is 0 Å². The predicted molar refractivity (Wildman–Crippen MR) is 43.1 cm³/mol. The average Bonchev–Trinajstić information content (AvgIpc) is 2.50. The van der Waals surface area contributed by atoms with Gasteiger partial charge in [0.1, 0.15) is 0 Å². The van der Waals surface area contributed by atoms with E-state index in [-0.39, 0.29) is 18.9 Å². The number of fused-ring (bicyclic) bond motifs is 1. The van der Waals surface area contributed by atoms with Crippen LogP contribution in [0.1, 0.15) is 5.56 Å². The van der Waals surface area contributed by atoms with Gasteiger partial charge in [-0.15, -0.1) is 11.6 Å². The molecule has 1 aromatic carbocycles. The van der Waals surface area contributed by atoms with Crippen LogP contribution < -0.4 is 18.9 Å². The molecule has 1 heterocycles. The smallest absolute Gasteiger partial charge is 0.223 e. The number of rotatable bonds is 1. The molecule has 2 rings (SSSR count). The molecule has 0 fully saturated rings. The molecule has 56 valence electrons. The molecule has 2 aromatic rings. The van der Waals surface area contributed by atoms with Crippen molar-refractivity contribution in [2.24, 2.45) is 0 Å². The van der Waals surface area contributed by atoms with Crippen molar-refractivity contribution < 1.29 is 18.9 Å². The van der Waals surface area contributed by atoms with Crippen LogP contribution in [0.4, 0.5) is 0 Å². The first kappa shape index (κ1) is 9.47. The number of H-pyrrole nitrogens is 1. The van der Waals surface area contributed by atoms with Crippen LogP contribution in [0, 0.1) is 5.88 Å². The maximum absolute atomic E-state index is 5.56. The van der Waals surface area contributed by atoms with Gasteiger partial charge in [0.2, 0.25) is 0 Å². The Labute approximate surface area is 86.7 Å². The van der Waals surface area contributed by atoms with Crippen LogP contribution >= 0.6 is 11.6 Å². The van der Waals surface area contributed by atoms with Gasteiger partial charge in [0, 0.05) is 5.52 Å². The Kier molecular flexibility index (Phi) is 3.04. The molecule has 1 N–H and O–H groups in total. The minimum absolute atomic E-state index is 0. The number of aromatic nitrogens is 3. The van der Waals surface area contributed by atoms with E-state index < -0.39 is 0 Å². The zero-order valence-electron chi connectivity index (χ0n) is 6.58. The van der Waals surface area contributed by atoms with Crippen molar-refractivity contribution in [2.75, 3.05) is 0 Å². The molecule has 0 saturated carbocycles. The normalized spacial score (nSPS) is 9.42. The van der Waals surface area contributed by atoms with E-state index in [0.717, 1.165) is 16.6 Å². The van der Waals surface area contributed by atoms with Crippen LogP contribution in [-0.2, 0) is 0 Å². The van der Waals surface area contributed by atoms with E-state index in [4.69, 9.17) is 11.6 Å². The molecular formula is C7H5ClLiN3. The number of para-hydroxylation sites is 1. The third-order valence-corrected chi connectivity index (χ3v) is 1.73. The summed E-state index contributed by atoms with van der Waals surface area (Å²) in [5.41, 5.74) is 2.53. The minimum atomic E-state index is 0. The molecule has 0 amide bonds. The molecule has 0 aliphatic rings. The summed E-state index contributed by atoms with van der Waals surface area (Å²) >= 11 is 5.56. The van der Waals surface area contributed by atoms with Crippen molar-refractivity contribution in [3.63, 3.8) is 0 Å². The standard InChI is InChI=1S/C7H5ClN3.Li/c8-4-5-2-1-3-6-7(5)10-11-9-6;/h1-4H,(H,9,10,11);/q-1;+1. The summed E-state index contributed by atoms with van der Waals surface area (Å²) in [7, 11) is 0. The van der Waals surface area contributed by atoms with Crippen LogP contribution in [0.3, 0.4) is 0 Å². The average molecular weight is 174 g/mol. The number of nitrogens with zero attached hydrogens (tertiary/aromatic N) is 2. The fourth-order valence-electron chi connectivity index (χ4n) is 0.978. The van der Waals surface area contributed by atoms with Gasteiger partial charge in [-0.05, 0) is 0 Å². The van der Waals surface area contributed by atoms with E-state index >= 15 is 0 Å². The van der Waals surface area contributed by atoms with Crippen molar-refractivity contribution >= 4 is 22.6 Å². The van der Waals surface area contributed by atoms with Gasteiger partial charge >= 0.3 is 18.9 Å². The van der Waals surface area contributed by atoms with Gasteiger partial charge in [-0.3, -0.25) is 0 Å². The van der Waals surface area contributed by atoms with E-state index in [1.165, 1.54) is 5.88 Å². The summed E-state index contributed by atoms with van der Waals surface area (Å²) in [6.45, 7) is 0. The molecule has 0 aliphatic heterocycles. The number of halogens is 1. The van der Waals surface area contributed by atoms with Crippen molar-refractivity contribution in [2.45, 2.75) is 0 Å². The first-order chi connectivity index (χ1) is 5.42. The van der Waals surface area contributed by atoms with E-state index in [0.29, 0.717) is 0 Å². The summed E-state index contributed by atoms with van der Waals surface area (Å²) in [6.07, 6.45) is 0. The molecular weight excluding hydrogens is 168 g/mol. The third-order valence-electron chi connectivity index (χ3n) is 1.50. The van der Waals surface area contributed by atoms with Crippen molar-refractivity contribution in [1.29, 1.82) is 0 Å². The number of nitrogens with one attached hydrogen (secondary N) is 1. The summed E-state index contributed by atoms with van der Waals surface area (Å²) in [5, 5.41) is 10.4. The molecule has 1 aromatic heterocycles. The number of aromatic amines is 1. The molecule has 12 heavy (non-hydrogen) atoms. The SMILES string of the molecule is Cl[CH-]c1cccc2n[nH]nc12.[Li+]. The largest absolute Gasteiger partial charge is 1.00 e. The van der Waals surface area contributed by atoms with Crippen LogP contribution in [0.25, 0.3) is 11.0 Å². The van der Waals surface area contributed by atoms with Gasteiger partial charge in [-0.2, -0.15) is 22.8 Å². The molecule has 0 aliphatic carbocycles. The van der Waals surface area contributed by atoms with E-state index in [1.807, 2.05) is 18.2 Å². The maximum atomic E-state index is 5.56. The molecule has 3 nitrogen and oxygen atoms in total. The van der Waals surface area contributed by atoms with E-state index in [2.05, 4.69) is 15.4 Å². The second-order valence-electron chi connectivity index (χ2n) is 2.15. The Hall–Kier alpha value is -0.623. The van der Waals surface area contributed by atoms with Crippen LogP contribution in [0.15, 0.2) is 18.2 Å². The molecule has 0 radical (unpaired) electrons. The molecule has 5 heteroatoms. The zero-order valence-corrected chi connectivity index (χ0v) is 7.34. The Bertz CT molecular complexity index is 373. The van der Waals surface area contributed by atoms with Gasteiger partial charge in [0.15, 0.2) is 0 Å². The molecule has 0 bridgehead atoms. The number of hydrogen-bond donors (Lipinski definition) is 1. The summed E-state index contributed by atoms with van der Waals surface area (Å²) in [4.78, 5) is 0. The molecule has 0 atom stereocenters. The minimum Gasteiger partial charge on any atom is -0.223 e. The molecule has 0 saturated heterocycles. The van der Waals surface area contributed by atoms with Gasteiger partial charge < -0.3 is 0 Å². The van der Waals surface area contributed by atoms with Crippen LogP contribution in [0.2, 0.25) is 0 Å². The Morgan fingerprint density at radius 2 is 2.17 bits per heavy atom. The topological polar surface area (TPSA) is 41.6 Å². The second kappa shape index (κ2) is 3.86. The summed E-state index contributed by atoms with van der Waals surface area (Å²) in [5.74, 6) is 1.49. The first-order valence-electron chi connectivity index (χ1n) is 3.15. The fourth-order valence-corrected chi connectivity index (χ4v) is 1.15. The van der Waals surface area contributed by atoms with Crippen molar-refractivity contribution in [1.82, 2.24) is 15.4 Å². The predicted octanol–water partition coefficient (Wildman–Crippen LogP) is -1.29. The third kappa shape index (κ3) is 1.44. The van der Waals surface area contributed by atoms with Crippen LogP contribution in [-0.4, -0.2) is 15.4 Å². The number of benzene rings is 1. The van der Waals surface area contributed by atoms with Crippen molar-refractivity contribution in [3.05, 3.63) is 29.6 Å². The Morgan fingerprint density at radius 3 is 2.92 bits per heavy atom. The maximum Gasteiger partial charge on any atom is 1.00 e. The Morgan fingerprint density at radius 1 is 1.33 bits per heavy atom. The monoisotopic (exact) mass is 173 g/mol. The summed E-state index contributed by atoms with van der Waals surface area (Å²) in [6, 6.07) is 5.65. The van der Waals surface area contributed by atoms with E-state index in [9.17, 15) is 0 Å². The first-order valence-corrected chi connectivity index (χ1v) is 3.58. The number of hydrogen-bond acceptors (Lipinski definition) is 2.